The van der Waals surface area contributed by atoms with Gasteiger partial charge in [-0.15, -0.1) is 0 Å². The Morgan fingerprint density at radius 2 is 2.22 bits per heavy atom. The van der Waals surface area contributed by atoms with Crippen LogP contribution in [0.1, 0.15) is 12.8 Å². The molecule has 2 aromatic heterocycles. The number of amides is 1. The third kappa shape index (κ3) is 3.01. The number of rotatable bonds is 5. The van der Waals surface area contributed by atoms with Crippen molar-refractivity contribution >= 4 is 22.5 Å². The topological polar surface area (TPSA) is 66.9 Å². The minimum Gasteiger partial charge on any atom is -0.325 e. The van der Waals surface area contributed by atoms with Crippen LogP contribution in [0.5, 0.6) is 0 Å². The Hall–Kier alpha value is -2.01. The van der Waals surface area contributed by atoms with Crippen molar-refractivity contribution in [3.63, 3.8) is 0 Å². The molecule has 2 N–H and O–H groups in total. The molecule has 0 atom stereocenters. The van der Waals surface area contributed by atoms with Gasteiger partial charge >= 0.3 is 0 Å². The Kier molecular flexibility index (Phi) is 4.20. The number of fused-ring (bicyclic) bond motifs is 1. The first-order chi connectivity index (χ1) is 8.81. The maximum Gasteiger partial charge on any atom is 0.224 e. The van der Waals surface area contributed by atoms with Gasteiger partial charge in [0.15, 0.2) is 0 Å². The van der Waals surface area contributed by atoms with E-state index in [4.69, 9.17) is 0 Å². The van der Waals surface area contributed by atoms with Crippen LogP contribution in [0.4, 0.5) is 5.69 Å². The van der Waals surface area contributed by atoms with Gasteiger partial charge in [0.05, 0.1) is 11.2 Å². The summed E-state index contributed by atoms with van der Waals surface area (Å²) in [5.41, 5.74) is 1.60. The van der Waals surface area contributed by atoms with Crippen molar-refractivity contribution in [3.8, 4) is 0 Å². The van der Waals surface area contributed by atoms with E-state index in [0.29, 0.717) is 6.42 Å². The summed E-state index contributed by atoms with van der Waals surface area (Å²) in [5, 5.41) is 6.78. The highest BCUT2D eigenvalue weighted by atomic mass is 16.1. The van der Waals surface area contributed by atoms with Gasteiger partial charge in [-0.3, -0.25) is 14.8 Å². The van der Waals surface area contributed by atoms with E-state index < -0.39 is 0 Å². The molecule has 0 aliphatic rings. The number of hydrogen-bond acceptors (Lipinski definition) is 4. The number of hydrogen-bond donors (Lipinski definition) is 2. The van der Waals surface area contributed by atoms with Crippen molar-refractivity contribution in [2.24, 2.45) is 0 Å². The monoisotopic (exact) mass is 244 g/mol. The van der Waals surface area contributed by atoms with Crippen LogP contribution in [0.3, 0.4) is 0 Å². The summed E-state index contributed by atoms with van der Waals surface area (Å²) in [4.78, 5) is 20.0. The summed E-state index contributed by atoms with van der Waals surface area (Å²) in [5.74, 6) is 0.0154. The Labute approximate surface area is 106 Å². The molecule has 0 spiro atoms. The van der Waals surface area contributed by atoms with Gasteiger partial charge in [0.1, 0.15) is 0 Å². The van der Waals surface area contributed by atoms with E-state index in [0.717, 1.165) is 29.6 Å². The first-order valence-corrected chi connectivity index (χ1v) is 5.94. The maximum atomic E-state index is 11.8. The van der Waals surface area contributed by atoms with E-state index >= 15 is 0 Å². The molecule has 0 saturated heterocycles. The van der Waals surface area contributed by atoms with E-state index in [1.165, 1.54) is 0 Å². The molecule has 0 radical (unpaired) electrons. The zero-order valence-corrected chi connectivity index (χ0v) is 10.3. The van der Waals surface area contributed by atoms with Gasteiger partial charge in [-0.1, -0.05) is 0 Å². The number of carbonyl (C=O) groups excluding carboxylic acids is 1. The lowest BCUT2D eigenvalue weighted by atomic mass is 10.2. The number of aromatic nitrogens is 2. The first kappa shape index (κ1) is 12.4. The van der Waals surface area contributed by atoms with Crippen LogP contribution in [0, 0.1) is 0 Å². The molecule has 0 saturated carbocycles. The average molecular weight is 244 g/mol. The van der Waals surface area contributed by atoms with Gasteiger partial charge in [-0.2, -0.15) is 0 Å². The molecule has 94 valence electrons. The van der Waals surface area contributed by atoms with Crippen molar-refractivity contribution < 1.29 is 4.79 Å². The van der Waals surface area contributed by atoms with Gasteiger partial charge in [0, 0.05) is 30.4 Å². The van der Waals surface area contributed by atoms with Gasteiger partial charge in [-0.25, -0.2) is 0 Å². The Bertz CT molecular complexity index is 536. The van der Waals surface area contributed by atoms with Gasteiger partial charge in [-0.05, 0) is 32.1 Å². The molecule has 1 amide bonds. The molecule has 0 aromatic carbocycles. The lowest BCUT2D eigenvalue weighted by molar-refractivity contribution is -0.116. The highest BCUT2D eigenvalue weighted by Gasteiger charge is 2.05. The number of carbonyl (C=O) groups is 1. The predicted molar refractivity (Wildman–Crippen MR) is 71.3 cm³/mol. The van der Waals surface area contributed by atoms with E-state index in [-0.39, 0.29) is 5.91 Å². The van der Waals surface area contributed by atoms with Crippen molar-refractivity contribution in [3.05, 3.63) is 30.7 Å². The molecule has 2 rings (SSSR count). The van der Waals surface area contributed by atoms with Crippen LogP contribution in [0.15, 0.2) is 30.7 Å². The fourth-order valence-corrected chi connectivity index (χ4v) is 1.74. The van der Waals surface area contributed by atoms with Crippen molar-refractivity contribution in [2.45, 2.75) is 12.8 Å². The van der Waals surface area contributed by atoms with Crippen LogP contribution in [0.2, 0.25) is 0 Å². The fourth-order valence-electron chi connectivity index (χ4n) is 1.74. The fraction of sp³-hybridized carbons (Fsp3) is 0.308. The summed E-state index contributed by atoms with van der Waals surface area (Å²) < 4.78 is 0. The van der Waals surface area contributed by atoms with Crippen molar-refractivity contribution in [1.29, 1.82) is 0 Å². The van der Waals surface area contributed by atoms with Gasteiger partial charge in [0.25, 0.3) is 0 Å². The lowest BCUT2D eigenvalue weighted by Crippen LogP contribution is -2.15. The molecule has 0 fully saturated rings. The molecular weight excluding hydrogens is 228 g/mol. The van der Waals surface area contributed by atoms with Crippen LogP contribution in [0.25, 0.3) is 10.9 Å². The molecule has 2 aromatic rings. The Morgan fingerprint density at radius 1 is 1.33 bits per heavy atom. The Balaban J connectivity index is 2.09. The Morgan fingerprint density at radius 3 is 3.06 bits per heavy atom. The molecule has 5 nitrogen and oxygen atoms in total. The van der Waals surface area contributed by atoms with Crippen molar-refractivity contribution in [1.82, 2.24) is 15.3 Å². The summed E-state index contributed by atoms with van der Waals surface area (Å²) in [6.07, 6.45) is 6.42. The minimum atomic E-state index is 0.0154. The zero-order chi connectivity index (χ0) is 12.8. The zero-order valence-electron chi connectivity index (χ0n) is 10.3. The highest BCUT2D eigenvalue weighted by molar-refractivity contribution is 6.00. The van der Waals surface area contributed by atoms with Gasteiger partial charge < -0.3 is 10.6 Å². The van der Waals surface area contributed by atoms with Crippen LogP contribution in [-0.4, -0.2) is 29.5 Å². The van der Waals surface area contributed by atoms with Crippen molar-refractivity contribution in [2.75, 3.05) is 18.9 Å². The molecular formula is C13H16N4O. The highest BCUT2D eigenvalue weighted by Crippen LogP contribution is 2.19. The summed E-state index contributed by atoms with van der Waals surface area (Å²) in [7, 11) is 1.87. The number of anilines is 1. The second-order valence-electron chi connectivity index (χ2n) is 4.01. The lowest BCUT2D eigenvalue weighted by Gasteiger charge is -2.07. The van der Waals surface area contributed by atoms with Gasteiger partial charge in [0.2, 0.25) is 5.91 Å². The van der Waals surface area contributed by atoms with E-state index in [2.05, 4.69) is 20.6 Å². The summed E-state index contributed by atoms with van der Waals surface area (Å²) >= 11 is 0. The second kappa shape index (κ2) is 6.07. The first-order valence-electron chi connectivity index (χ1n) is 5.94. The normalized spacial score (nSPS) is 10.5. The third-order valence-corrected chi connectivity index (χ3v) is 2.65. The molecule has 0 unspecified atom stereocenters. The molecule has 5 heteroatoms. The SMILES string of the molecule is CNCCCC(=O)Nc1ccnc2ccncc12. The number of nitrogens with one attached hydrogen (secondary N) is 2. The summed E-state index contributed by atoms with van der Waals surface area (Å²) in [6.45, 7) is 0.839. The average Bonchev–Trinajstić information content (AvgIpc) is 2.39. The smallest absolute Gasteiger partial charge is 0.224 e. The molecule has 2 heterocycles. The second-order valence-corrected chi connectivity index (χ2v) is 4.01. The largest absolute Gasteiger partial charge is 0.325 e. The van der Waals surface area contributed by atoms with E-state index in [1.54, 1.807) is 24.7 Å². The quantitative estimate of drug-likeness (QED) is 0.783. The maximum absolute atomic E-state index is 11.8. The standard InChI is InChI=1S/C13H16N4O/c1-14-6-2-3-13(18)17-12-5-8-16-11-4-7-15-9-10(11)12/h4-5,7-9,14H,2-3,6H2,1H3,(H,16,17,18). The number of nitrogens with zero attached hydrogens (tertiary/aromatic N) is 2. The predicted octanol–water partition coefficient (Wildman–Crippen LogP) is 1.57. The third-order valence-electron chi connectivity index (χ3n) is 2.65. The molecule has 0 aliphatic carbocycles. The van der Waals surface area contributed by atoms with Crippen LogP contribution >= 0.6 is 0 Å². The van der Waals surface area contributed by atoms with Crippen LogP contribution < -0.4 is 10.6 Å². The molecule has 0 aliphatic heterocycles. The van der Waals surface area contributed by atoms with Crippen LogP contribution in [-0.2, 0) is 4.79 Å². The summed E-state index contributed by atoms with van der Waals surface area (Å²) in [6, 6.07) is 3.62. The molecule has 18 heavy (non-hydrogen) atoms. The van der Waals surface area contributed by atoms with E-state index in [9.17, 15) is 4.79 Å². The minimum absolute atomic E-state index is 0.0154. The van der Waals surface area contributed by atoms with E-state index in [1.807, 2.05) is 13.1 Å². The molecule has 0 bridgehead atoms. The number of pyridine rings is 2.